The first-order valence-electron chi connectivity index (χ1n) is 8.15. The van der Waals surface area contributed by atoms with Crippen molar-refractivity contribution in [3.63, 3.8) is 0 Å². The Hall–Kier alpha value is -2.63. The summed E-state index contributed by atoms with van der Waals surface area (Å²) in [5.74, 6) is 0.0479. The molecule has 0 spiro atoms. The van der Waals surface area contributed by atoms with Gasteiger partial charge in [0.25, 0.3) is 0 Å². The van der Waals surface area contributed by atoms with Gasteiger partial charge in [0.1, 0.15) is 0 Å². The van der Waals surface area contributed by atoms with Crippen molar-refractivity contribution in [3.8, 4) is 11.1 Å². The summed E-state index contributed by atoms with van der Waals surface area (Å²) >= 11 is 0. The van der Waals surface area contributed by atoms with E-state index in [-0.39, 0.29) is 24.2 Å². The van der Waals surface area contributed by atoms with Gasteiger partial charge in [-0.15, -0.1) is 0 Å². The third-order valence-corrected chi connectivity index (χ3v) is 4.60. The molecule has 1 atom stereocenters. The number of carbonyl (C=O) groups is 2. The third kappa shape index (κ3) is 3.18. The average molecular weight is 326 g/mol. The average Bonchev–Trinajstić information content (AvgIpc) is 3.09. The van der Waals surface area contributed by atoms with E-state index >= 15 is 0 Å². The molecule has 1 saturated heterocycles. The highest BCUT2D eigenvalue weighted by atomic mass is 16.2. The summed E-state index contributed by atoms with van der Waals surface area (Å²) in [6, 6.07) is 8.32. The summed E-state index contributed by atoms with van der Waals surface area (Å²) in [7, 11) is 0. The normalized spacial score (nSPS) is 17.1. The van der Waals surface area contributed by atoms with Crippen LogP contribution < -0.4 is 11.1 Å². The number of amides is 2. The Morgan fingerprint density at radius 2 is 2.04 bits per heavy atom. The molecule has 3 rings (SSSR count). The lowest BCUT2D eigenvalue weighted by Crippen LogP contribution is -2.15. The first-order chi connectivity index (χ1) is 11.5. The van der Waals surface area contributed by atoms with E-state index in [0.29, 0.717) is 19.5 Å². The first-order valence-corrected chi connectivity index (χ1v) is 8.15. The lowest BCUT2D eigenvalue weighted by Gasteiger charge is -2.09. The van der Waals surface area contributed by atoms with Crippen LogP contribution in [-0.4, -0.2) is 28.1 Å². The Balaban J connectivity index is 1.84. The minimum atomic E-state index is -0.326. The maximum atomic E-state index is 11.4. The second-order valence-corrected chi connectivity index (χ2v) is 6.31. The van der Waals surface area contributed by atoms with Gasteiger partial charge in [-0.05, 0) is 25.0 Å². The molecule has 2 amide bonds. The van der Waals surface area contributed by atoms with Crippen molar-refractivity contribution in [2.24, 2.45) is 5.73 Å². The molecular formula is C18H22N4O2. The molecule has 24 heavy (non-hydrogen) atoms. The molecule has 0 radical (unpaired) electrons. The highest BCUT2D eigenvalue weighted by molar-refractivity contribution is 5.79. The zero-order chi connectivity index (χ0) is 17.3. The first kappa shape index (κ1) is 16.2. The van der Waals surface area contributed by atoms with Crippen LogP contribution >= 0.6 is 0 Å². The van der Waals surface area contributed by atoms with E-state index in [1.807, 2.05) is 18.5 Å². The number of aromatic nitrogens is 2. The largest absolute Gasteiger partial charge is 0.370 e. The Labute approximate surface area is 141 Å². The quantitative estimate of drug-likeness (QED) is 0.875. The van der Waals surface area contributed by atoms with E-state index in [9.17, 15) is 9.59 Å². The standard InChI is InChI=1S/C18H22N4O2/c1-11-18(12(2)22(21-11)8-7-16(19)23)14-5-3-13(4-6-14)15-9-17(24)20-10-15/h3-6,15H,7-10H2,1-2H3,(H2,19,23)(H,20,24). The highest BCUT2D eigenvalue weighted by Crippen LogP contribution is 2.30. The van der Waals surface area contributed by atoms with Crippen molar-refractivity contribution in [2.75, 3.05) is 6.54 Å². The van der Waals surface area contributed by atoms with Gasteiger partial charge >= 0.3 is 0 Å². The molecule has 6 nitrogen and oxygen atoms in total. The molecule has 1 aromatic heterocycles. The van der Waals surface area contributed by atoms with Crippen LogP contribution in [0.1, 0.15) is 35.7 Å². The molecule has 0 saturated carbocycles. The molecule has 0 bridgehead atoms. The van der Waals surface area contributed by atoms with Gasteiger partial charge in [0.05, 0.1) is 5.69 Å². The number of primary amides is 1. The number of carbonyl (C=O) groups excluding carboxylic acids is 2. The van der Waals surface area contributed by atoms with Crippen LogP contribution in [0.4, 0.5) is 0 Å². The molecule has 1 aliphatic heterocycles. The second kappa shape index (κ2) is 6.47. The zero-order valence-corrected chi connectivity index (χ0v) is 14.0. The number of benzene rings is 1. The topological polar surface area (TPSA) is 90.0 Å². The number of hydrogen-bond donors (Lipinski definition) is 2. The van der Waals surface area contributed by atoms with E-state index in [0.717, 1.165) is 22.5 Å². The smallest absolute Gasteiger partial charge is 0.220 e. The highest BCUT2D eigenvalue weighted by Gasteiger charge is 2.23. The summed E-state index contributed by atoms with van der Waals surface area (Å²) in [6.07, 6.45) is 0.839. The summed E-state index contributed by atoms with van der Waals surface area (Å²) in [5, 5.41) is 7.39. The van der Waals surface area contributed by atoms with Gasteiger partial charge in [0.15, 0.2) is 0 Å². The fraction of sp³-hybridized carbons (Fsp3) is 0.389. The number of hydrogen-bond acceptors (Lipinski definition) is 3. The predicted molar refractivity (Wildman–Crippen MR) is 91.3 cm³/mol. The molecule has 3 N–H and O–H groups in total. The molecule has 1 aliphatic rings. The summed E-state index contributed by atoms with van der Waals surface area (Å²) in [5.41, 5.74) is 10.5. The van der Waals surface area contributed by atoms with Crippen molar-refractivity contribution in [1.82, 2.24) is 15.1 Å². The van der Waals surface area contributed by atoms with E-state index < -0.39 is 0 Å². The van der Waals surface area contributed by atoms with Gasteiger partial charge in [0, 0.05) is 43.1 Å². The van der Waals surface area contributed by atoms with Gasteiger partial charge in [-0.3, -0.25) is 14.3 Å². The van der Waals surface area contributed by atoms with Crippen LogP contribution in [0.15, 0.2) is 24.3 Å². The maximum absolute atomic E-state index is 11.4. The van der Waals surface area contributed by atoms with E-state index in [4.69, 9.17) is 5.73 Å². The number of nitrogens with one attached hydrogen (secondary N) is 1. The molecule has 2 heterocycles. The zero-order valence-electron chi connectivity index (χ0n) is 14.0. The Bertz CT molecular complexity index is 777. The Morgan fingerprint density at radius 3 is 2.62 bits per heavy atom. The predicted octanol–water partition coefficient (Wildman–Crippen LogP) is 1.65. The SMILES string of the molecule is Cc1nn(CCC(N)=O)c(C)c1-c1ccc(C2CNC(=O)C2)cc1. The molecule has 126 valence electrons. The van der Waals surface area contributed by atoms with Crippen molar-refractivity contribution >= 4 is 11.8 Å². The molecular weight excluding hydrogens is 304 g/mol. The van der Waals surface area contributed by atoms with E-state index in [2.05, 4.69) is 34.7 Å². The summed E-state index contributed by atoms with van der Waals surface area (Å²) < 4.78 is 1.84. The van der Waals surface area contributed by atoms with Crippen LogP contribution in [0.3, 0.4) is 0 Å². The fourth-order valence-corrected chi connectivity index (χ4v) is 3.31. The molecule has 1 aromatic carbocycles. The van der Waals surface area contributed by atoms with Crippen LogP contribution in [0, 0.1) is 13.8 Å². The van der Waals surface area contributed by atoms with Crippen molar-refractivity contribution < 1.29 is 9.59 Å². The van der Waals surface area contributed by atoms with Crippen LogP contribution in [0.5, 0.6) is 0 Å². The second-order valence-electron chi connectivity index (χ2n) is 6.31. The maximum Gasteiger partial charge on any atom is 0.220 e. The third-order valence-electron chi connectivity index (χ3n) is 4.60. The number of nitrogens with two attached hydrogens (primary N) is 1. The Kier molecular flexibility index (Phi) is 4.38. The van der Waals surface area contributed by atoms with E-state index in [1.54, 1.807) is 0 Å². The van der Waals surface area contributed by atoms with Gasteiger partial charge in [-0.1, -0.05) is 24.3 Å². The number of nitrogens with zero attached hydrogens (tertiary/aromatic N) is 2. The number of rotatable bonds is 5. The monoisotopic (exact) mass is 326 g/mol. The Morgan fingerprint density at radius 1 is 1.33 bits per heavy atom. The molecule has 6 heteroatoms. The number of aryl methyl sites for hydroxylation is 2. The van der Waals surface area contributed by atoms with Crippen LogP contribution in [-0.2, 0) is 16.1 Å². The van der Waals surface area contributed by atoms with Gasteiger partial charge < -0.3 is 11.1 Å². The summed E-state index contributed by atoms with van der Waals surface area (Å²) in [6.45, 7) is 5.18. The molecule has 2 aromatic rings. The minimum absolute atomic E-state index is 0.117. The fourth-order valence-electron chi connectivity index (χ4n) is 3.31. The van der Waals surface area contributed by atoms with Crippen molar-refractivity contribution in [1.29, 1.82) is 0 Å². The summed E-state index contributed by atoms with van der Waals surface area (Å²) in [4.78, 5) is 22.3. The van der Waals surface area contributed by atoms with Gasteiger partial charge in [-0.2, -0.15) is 5.10 Å². The van der Waals surface area contributed by atoms with Crippen LogP contribution in [0.25, 0.3) is 11.1 Å². The van der Waals surface area contributed by atoms with Crippen molar-refractivity contribution in [3.05, 3.63) is 41.2 Å². The molecule has 1 unspecified atom stereocenters. The molecule has 1 fully saturated rings. The van der Waals surface area contributed by atoms with Crippen LogP contribution in [0.2, 0.25) is 0 Å². The lowest BCUT2D eigenvalue weighted by molar-refractivity contribution is -0.119. The molecule has 0 aliphatic carbocycles. The van der Waals surface area contributed by atoms with E-state index in [1.165, 1.54) is 5.56 Å². The van der Waals surface area contributed by atoms with Gasteiger partial charge in [0.2, 0.25) is 11.8 Å². The van der Waals surface area contributed by atoms with Crippen molar-refractivity contribution in [2.45, 2.75) is 39.2 Å². The van der Waals surface area contributed by atoms with Gasteiger partial charge in [-0.25, -0.2) is 0 Å². The minimum Gasteiger partial charge on any atom is -0.370 e. The lowest BCUT2D eigenvalue weighted by atomic mass is 9.95.